The first-order valence-corrected chi connectivity index (χ1v) is 6.49. The van der Waals surface area contributed by atoms with E-state index in [1.807, 2.05) is 0 Å². The maximum absolute atomic E-state index is 12.8. The summed E-state index contributed by atoms with van der Waals surface area (Å²) in [6.45, 7) is 3.24. The third-order valence-electron chi connectivity index (χ3n) is 3.62. The highest BCUT2D eigenvalue weighted by atomic mass is 19.3. The molecule has 0 saturated carbocycles. The molecule has 0 atom stereocenters. The monoisotopic (exact) mass is 270 g/mol. The van der Waals surface area contributed by atoms with Crippen molar-refractivity contribution in [2.24, 2.45) is 5.41 Å². The van der Waals surface area contributed by atoms with E-state index in [1.54, 1.807) is 0 Å². The van der Waals surface area contributed by atoms with Crippen molar-refractivity contribution in [2.75, 3.05) is 26.2 Å². The van der Waals surface area contributed by atoms with E-state index in [2.05, 4.69) is 17.6 Å². The van der Waals surface area contributed by atoms with E-state index >= 15 is 0 Å². The lowest BCUT2D eigenvalue weighted by molar-refractivity contribution is -0.126. The predicted octanol–water partition coefficient (Wildman–Crippen LogP) is 2.65. The van der Waals surface area contributed by atoms with Crippen LogP contribution >= 0.6 is 0 Å². The normalized spacial score (nSPS) is 20.3. The van der Waals surface area contributed by atoms with Crippen LogP contribution in [0.4, 0.5) is 17.6 Å². The lowest BCUT2D eigenvalue weighted by Gasteiger charge is -2.38. The van der Waals surface area contributed by atoms with Crippen molar-refractivity contribution >= 4 is 0 Å². The lowest BCUT2D eigenvalue weighted by Crippen LogP contribution is -2.47. The second kappa shape index (κ2) is 6.70. The Bertz CT molecular complexity index is 235. The number of hydrogen-bond acceptors (Lipinski definition) is 2. The van der Waals surface area contributed by atoms with Crippen LogP contribution in [0.5, 0.6) is 0 Å². The number of hydrogen-bond donors (Lipinski definition) is 2. The third kappa shape index (κ3) is 4.39. The van der Waals surface area contributed by atoms with Gasteiger partial charge in [-0.25, -0.2) is 8.78 Å². The summed E-state index contributed by atoms with van der Waals surface area (Å²) in [7, 11) is 0. The summed E-state index contributed by atoms with van der Waals surface area (Å²) in [6.07, 6.45) is 0.150. The number of nitrogens with one attached hydrogen (secondary N) is 2. The molecular formula is C12H22F4N2. The van der Waals surface area contributed by atoms with Crippen molar-refractivity contribution in [3.63, 3.8) is 0 Å². The summed E-state index contributed by atoms with van der Waals surface area (Å²) in [6, 6.07) is 0. The minimum Gasteiger partial charge on any atom is -0.317 e. The third-order valence-corrected chi connectivity index (χ3v) is 3.62. The Kier molecular flexibility index (Phi) is 5.85. The Morgan fingerprint density at radius 3 is 2.39 bits per heavy atom. The van der Waals surface area contributed by atoms with Gasteiger partial charge in [0.05, 0.1) is 6.54 Å². The SMILES string of the molecule is CCCC1(CNCC(F)(F)C(F)F)CCNCC1. The molecule has 0 radical (unpaired) electrons. The molecule has 1 aliphatic rings. The highest BCUT2D eigenvalue weighted by Gasteiger charge is 2.41. The lowest BCUT2D eigenvalue weighted by atomic mass is 9.75. The predicted molar refractivity (Wildman–Crippen MR) is 63.3 cm³/mol. The average Bonchev–Trinajstić information content (AvgIpc) is 2.30. The van der Waals surface area contributed by atoms with Crippen molar-refractivity contribution in [1.29, 1.82) is 0 Å². The van der Waals surface area contributed by atoms with Gasteiger partial charge >= 0.3 is 12.3 Å². The van der Waals surface area contributed by atoms with E-state index in [4.69, 9.17) is 0 Å². The van der Waals surface area contributed by atoms with Crippen LogP contribution in [0, 0.1) is 5.41 Å². The molecular weight excluding hydrogens is 248 g/mol. The molecule has 18 heavy (non-hydrogen) atoms. The first-order valence-electron chi connectivity index (χ1n) is 6.49. The molecule has 1 heterocycles. The Morgan fingerprint density at radius 1 is 1.28 bits per heavy atom. The van der Waals surface area contributed by atoms with Gasteiger partial charge in [-0.2, -0.15) is 8.78 Å². The van der Waals surface area contributed by atoms with Gasteiger partial charge in [-0.1, -0.05) is 13.3 Å². The summed E-state index contributed by atoms with van der Waals surface area (Å²) in [5, 5.41) is 5.77. The van der Waals surface area contributed by atoms with Gasteiger partial charge in [-0.3, -0.25) is 0 Å². The Balaban J connectivity index is 2.43. The molecule has 0 aliphatic carbocycles. The average molecular weight is 270 g/mol. The molecule has 0 aromatic heterocycles. The minimum atomic E-state index is -3.93. The van der Waals surface area contributed by atoms with Crippen LogP contribution in [0.3, 0.4) is 0 Å². The van der Waals surface area contributed by atoms with E-state index in [9.17, 15) is 17.6 Å². The van der Waals surface area contributed by atoms with Gasteiger partial charge in [0.1, 0.15) is 0 Å². The Labute approximate surface area is 106 Å². The van der Waals surface area contributed by atoms with Crippen molar-refractivity contribution in [1.82, 2.24) is 10.6 Å². The summed E-state index contributed by atoms with van der Waals surface area (Å²) in [5.74, 6) is -3.93. The van der Waals surface area contributed by atoms with Gasteiger partial charge in [0.15, 0.2) is 0 Å². The fourth-order valence-electron chi connectivity index (χ4n) is 2.57. The number of halogens is 4. The van der Waals surface area contributed by atoms with E-state index in [0.29, 0.717) is 6.54 Å². The fraction of sp³-hybridized carbons (Fsp3) is 1.00. The molecule has 2 N–H and O–H groups in total. The molecule has 6 heteroatoms. The topological polar surface area (TPSA) is 24.1 Å². The van der Waals surface area contributed by atoms with Crippen molar-refractivity contribution in [3.8, 4) is 0 Å². The van der Waals surface area contributed by atoms with E-state index in [1.165, 1.54) is 0 Å². The summed E-state index contributed by atoms with van der Waals surface area (Å²) >= 11 is 0. The quantitative estimate of drug-likeness (QED) is 0.695. The first kappa shape index (κ1) is 15.7. The number of rotatable bonds is 7. The maximum atomic E-state index is 12.8. The van der Waals surface area contributed by atoms with Crippen molar-refractivity contribution in [3.05, 3.63) is 0 Å². The second-order valence-corrected chi connectivity index (χ2v) is 5.17. The highest BCUT2D eigenvalue weighted by molar-refractivity contribution is 4.87. The Hall–Kier alpha value is -0.360. The van der Waals surface area contributed by atoms with Crippen LogP contribution in [-0.2, 0) is 0 Å². The largest absolute Gasteiger partial charge is 0.319 e. The zero-order chi connectivity index (χ0) is 13.6. The van der Waals surface area contributed by atoms with Crippen LogP contribution in [0.15, 0.2) is 0 Å². The molecule has 0 unspecified atom stereocenters. The summed E-state index contributed by atoms with van der Waals surface area (Å²) in [4.78, 5) is 0. The zero-order valence-electron chi connectivity index (χ0n) is 10.7. The van der Waals surface area contributed by atoms with Crippen LogP contribution in [0.25, 0.3) is 0 Å². The van der Waals surface area contributed by atoms with Crippen LogP contribution in [-0.4, -0.2) is 38.5 Å². The van der Waals surface area contributed by atoms with Crippen LogP contribution in [0.2, 0.25) is 0 Å². The first-order chi connectivity index (χ1) is 8.42. The van der Waals surface area contributed by atoms with E-state index in [-0.39, 0.29) is 5.41 Å². The van der Waals surface area contributed by atoms with Gasteiger partial charge < -0.3 is 10.6 Å². The standard InChI is InChI=1S/C12H22F4N2/c1-2-3-11(4-6-17-7-5-11)8-18-9-12(15,16)10(13)14/h10,17-18H,2-9H2,1H3. The van der Waals surface area contributed by atoms with Crippen LogP contribution < -0.4 is 10.6 Å². The summed E-state index contributed by atoms with van der Waals surface area (Å²) < 4.78 is 49.6. The van der Waals surface area contributed by atoms with Crippen molar-refractivity contribution in [2.45, 2.75) is 45.0 Å². The molecule has 1 aliphatic heterocycles. The summed E-state index contributed by atoms with van der Waals surface area (Å²) in [5.41, 5.74) is -0.0157. The van der Waals surface area contributed by atoms with Gasteiger partial charge in [-0.05, 0) is 37.8 Å². The van der Waals surface area contributed by atoms with Gasteiger partial charge in [0.25, 0.3) is 0 Å². The molecule has 0 spiro atoms. The van der Waals surface area contributed by atoms with Crippen molar-refractivity contribution < 1.29 is 17.6 Å². The highest BCUT2D eigenvalue weighted by Crippen LogP contribution is 2.33. The minimum absolute atomic E-state index is 0.0157. The molecule has 0 bridgehead atoms. The van der Waals surface area contributed by atoms with Gasteiger partial charge in [0, 0.05) is 6.54 Å². The molecule has 2 nitrogen and oxygen atoms in total. The van der Waals surface area contributed by atoms with E-state index < -0.39 is 18.9 Å². The van der Waals surface area contributed by atoms with Gasteiger partial charge in [0.2, 0.25) is 0 Å². The Morgan fingerprint density at radius 2 is 1.89 bits per heavy atom. The fourth-order valence-corrected chi connectivity index (χ4v) is 2.57. The number of piperidine rings is 1. The maximum Gasteiger partial charge on any atom is 0.319 e. The number of alkyl halides is 4. The molecule has 1 rings (SSSR count). The van der Waals surface area contributed by atoms with Gasteiger partial charge in [-0.15, -0.1) is 0 Å². The molecule has 108 valence electrons. The zero-order valence-corrected chi connectivity index (χ0v) is 10.7. The molecule has 0 aromatic carbocycles. The van der Waals surface area contributed by atoms with E-state index in [0.717, 1.165) is 38.8 Å². The molecule has 0 aromatic rings. The second-order valence-electron chi connectivity index (χ2n) is 5.17. The molecule has 1 fully saturated rings. The smallest absolute Gasteiger partial charge is 0.317 e. The van der Waals surface area contributed by atoms with Crippen LogP contribution in [0.1, 0.15) is 32.6 Å². The molecule has 1 saturated heterocycles. The molecule has 0 amide bonds.